The molecule has 0 fully saturated rings. The maximum atomic E-state index is 13.0. The van der Waals surface area contributed by atoms with Crippen LogP contribution in [-0.4, -0.2) is 5.11 Å². The predicted molar refractivity (Wildman–Crippen MR) is 87.6 cm³/mol. The Labute approximate surface area is 133 Å². The summed E-state index contributed by atoms with van der Waals surface area (Å²) in [5.41, 5.74) is 3.56. The zero-order valence-electron chi connectivity index (χ0n) is 13.2. The normalized spacial score (nSPS) is 11.1. The van der Waals surface area contributed by atoms with Crippen molar-refractivity contribution in [1.29, 1.82) is 0 Å². The molecule has 0 atom stereocenters. The summed E-state index contributed by atoms with van der Waals surface area (Å²) in [6.07, 6.45) is 0.353. The van der Waals surface area contributed by atoms with E-state index in [0.717, 1.165) is 16.5 Å². The van der Waals surface area contributed by atoms with Crippen LogP contribution in [0.2, 0.25) is 0 Å². The van der Waals surface area contributed by atoms with Gasteiger partial charge in [-0.1, -0.05) is 12.1 Å². The molecule has 3 nitrogen and oxygen atoms in total. The lowest BCUT2D eigenvalue weighted by Gasteiger charge is -2.12. The van der Waals surface area contributed by atoms with Crippen molar-refractivity contribution in [2.45, 2.75) is 27.2 Å². The maximum Gasteiger partial charge on any atom is 0.339 e. The van der Waals surface area contributed by atoms with Gasteiger partial charge in [-0.05, 0) is 55.7 Å². The summed E-state index contributed by atoms with van der Waals surface area (Å²) in [4.78, 5) is 12.3. The van der Waals surface area contributed by atoms with E-state index in [0.29, 0.717) is 28.7 Å². The molecule has 1 N–H and O–H groups in total. The molecule has 1 aromatic heterocycles. The van der Waals surface area contributed by atoms with Gasteiger partial charge < -0.3 is 9.52 Å². The fourth-order valence-corrected chi connectivity index (χ4v) is 2.77. The Kier molecular flexibility index (Phi) is 3.68. The lowest BCUT2D eigenvalue weighted by atomic mass is 9.97. The predicted octanol–water partition coefficient (Wildman–Crippen LogP) is 4.15. The molecule has 4 heteroatoms. The van der Waals surface area contributed by atoms with Gasteiger partial charge >= 0.3 is 5.63 Å². The van der Waals surface area contributed by atoms with Crippen molar-refractivity contribution < 1.29 is 13.9 Å². The topological polar surface area (TPSA) is 50.4 Å². The molecule has 0 aliphatic heterocycles. The summed E-state index contributed by atoms with van der Waals surface area (Å²) < 4.78 is 18.5. The summed E-state index contributed by atoms with van der Waals surface area (Å²) in [5.74, 6) is -0.0947. The standard InChI is InChI=1S/C19H17FO3/c1-10-11(2)18-16(12(3)17(10)21)9-14(19(22)23-18)8-13-4-6-15(20)7-5-13/h4-7,9,21H,8H2,1-3H3. The van der Waals surface area contributed by atoms with Crippen LogP contribution < -0.4 is 5.63 Å². The zero-order valence-corrected chi connectivity index (χ0v) is 13.2. The van der Waals surface area contributed by atoms with Gasteiger partial charge in [0.25, 0.3) is 0 Å². The van der Waals surface area contributed by atoms with Gasteiger partial charge in [-0.3, -0.25) is 0 Å². The lowest BCUT2D eigenvalue weighted by Crippen LogP contribution is -2.09. The average Bonchev–Trinajstić information content (AvgIpc) is 2.54. The number of aromatic hydroxyl groups is 1. The fraction of sp³-hybridized carbons (Fsp3) is 0.211. The summed E-state index contributed by atoms with van der Waals surface area (Å²) >= 11 is 0. The van der Waals surface area contributed by atoms with Gasteiger partial charge in [-0.15, -0.1) is 0 Å². The van der Waals surface area contributed by atoms with Crippen molar-refractivity contribution in [2.24, 2.45) is 0 Å². The number of hydrogen-bond donors (Lipinski definition) is 1. The Morgan fingerprint density at radius 2 is 1.70 bits per heavy atom. The van der Waals surface area contributed by atoms with Crippen molar-refractivity contribution in [1.82, 2.24) is 0 Å². The molecule has 118 valence electrons. The first-order valence-electron chi connectivity index (χ1n) is 7.38. The molecule has 0 saturated heterocycles. The van der Waals surface area contributed by atoms with E-state index < -0.39 is 5.63 Å². The molecule has 0 bridgehead atoms. The van der Waals surface area contributed by atoms with Crippen LogP contribution in [0, 0.1) is 26.6 Å². The van der Waals surface area contributed by atoms with Gasteiger partial charge in [0.05, 0.1) is 0 Å². The summed E-state index contributed by atoms with van der Waals surface area (Å²) in [6, 6.07) is 7.77. The van der Waals surface area contributed by atoms with E-state index in [4.69, 9.17) is 4.42 Å². The highest BCUT2D eigenvalue weighted by Gasteiger charge is 2.15. The number of aryl methyl sites for hydroxylation is 2. The van der Waals surface area contributed by atoms with Crippen molar-refractivity contribution in [3.8, 4) is 5.75 Å². The number of hydrogen-bond acceptors (Lipinski definition) is 3. The molecule has 0 amide bonds. The number of phenolic OH excluding ortho intramolecular Hbond substituents is 1. The second-order valence-electron chi connectivity index (χ2n) is 5.83. The molecule has 3 rings (SSSR count). The Morgan fingerprint density at radius 1 is 1.04 bits per heavy atom. The van der Waals surface area contributed by atoms with E-state index in [1.54, 1.807) is 32.0 Å². The highest BCUT2D eigenvalue weighted by molar-refractivity contribution is 5.87. The highest BCUT2D eigenvalue weighted by atomic mass is 19.1. The van der Waals surface area contributed by atoms with E-state index in [1.807, 2.05) is 6.92 Å². The maximum absolute atomic E-state index is 13.0. The highest BCUT2D eigenvalue weighted by Crippen LogP contribution is 2.33. The lowest BCUT2D eigenvalue weighted by molar-refractivity contribution is 0.466. The van der Waals surface area contributed by atoms with Crippen molar-refractivity contribution in [2.75, 3.05) is 0 Å². The molecule has 1 heterocycles. The van der Waals surface area contributed by atoms with Gasteiger partial charge in [-0.2, -0.15) is 0 Å². The Morgan fingerprint density at radius 3 is 2.35 bits per heavy atom. The molecular weight excluding hydrogens is 295 g/mol. The molecule has 0 aliphatic rings. The number of phenols is 1. The third-order valence-corrected chi connectivity index (χ3v) is 4.35. The number of benzene rings is 2. The molecule has 2 aromatic carbocycles. The van der Waals surface area contributed by atoms with E-state index in [-0.39, 0.29) is 11.6 Å². The first-order valence-corrected chi connectivity index (χ1v) is 7.38. The number of halogens is 1. The molecule has 0 saturated carbocycles. The van der Waals surface area contributed by atoms with Crippen LogP contribution in [0.25, 0.3) is 11.0 Å². The van der Waals surface area contributed by atoms with Gasteiger partial charge in [0.1, 0.15) is 17.1 Å². The minimum atomic E-state index is -0.408. The van der Waals surface area contributed by atoms with Gasteiger partial charge in [0, 0.05) is 22.9 Å². The molecule has 0 unspecified atom stereocenters. The van der Waals surface area contributed by atoms with E-state index >= 15 is 0 Å². The van der Waals surface area contributed by atoms with Crippen LogP contribution in [0.4, 0.5) is 4.39 Å². The summed E-state index contributed by atoms with van der Waals surface area (Å²) in [5, 5.41) is 10.9. The molecule has 0 aliphatic carbocycles. The number of rotatable bonds is 2. The van der Waals surface area contributed by atoms with Crippen molar-refractivity contribution >= 4 is 11.0 Å². The minimum absolute atomic E-state index is 0.219. The van der Waals surface area contributed by atoms with Gasteiger partial charge in [-0.25, -0.2) is 9.18 Å². The SMILES string of the molecule is Cc1c(O)c(C)c2cc(Cc3ccc(F)cc3)c(=O)oc2c1C. The molecule has 23 heavy (non-hydrogen) atoms. The molecular formula is C19H17FO3. The second-order valence-corrected chi connectivity index (χ2v) is 5.83. The minimum Gasteiger partial charge on any atom is -0.507 e. The van der Waals surface area contributed by atoms with Crippen LogP contribution in [-0.2, 0) is 6.42 Å². The first kappa shape index (κ1) is 15.3. The van der Waals surface area contributed by atoms with E-state index in [9.17, 15) is 14.3 Å². The molecule has 3 aromatic rings. The molecule has 0 radical (unpaired) electrons. The van der Waals surface area contributed by atoms with Crippen LogP contribution >= 0.6 is 0 Å². The smallest absolute Gasteiger partial charge is 0.339 e. The van der Waals surface area contributed by atoms with E-state index in [1.165, 1.54) is 12.1 Å². The zero-order chi connectivity index (χ0) is 16.7. The van der Waals surface area contributed by atoms with Crippen molar-refractivity contribution in [3.63, 3.8) is 0 Å². The quantitative estimate of drug-likeness (QED) is 0.723. The third kappa shape index (κ3) is 2.61. The molecule has 0 spiro atoms. The fourth-order valence-electron chi connectivity index (χ4n) is 2.77. The Hall–Kier alpha value is -2.62. The summed E-state index contributed by atoms with van der Waals surface area (Å²) in [7, 11) is 0. The van der Waals surface area contributed by atoms with Gasteiger partial charge in [0.15, 0.2) is 0 Å². The average molecular weight is 312 g/mol. The summed E-state index contributed by atoms with van der Waals surface area (Å²) in [6.45, 7) is 5.41. The van der Waals surface area contributed by atoms with Gasteiger partial charge in [0.2, 0.25) is 0 Å². The Bertz CT molecular complexity index is 953. The van der Waals surface area contributed by atoms with E-state index in [2.05, 4.69) is 0 Å². The van der Waals surface area contributed by atoms with Crippen LogP contribution in [0.15, 0.2) is 39.5 Å². The van der Waals surface area contributed by atoms with Crippen molar-refractivity contribution in [3.05, 3.63) is 74.4 Å². The van der Waals surface area contributed by atoms with Crippen LogP contribution in [0.3, 0.4) is 0 Å². The largest absolute Gasteiger partial charge is 0.507 e. The second kappa shape index (κ2) is 5.54. The Balaban J connectivity index is 2.18. The number of fused-ring (bicyclic) bond motifs is 1. The first-order chi connectivity index (χ1) is 10.9. The van der Waals surface area contributed by atoms with Crippen LogP contribution in [0.5, 0.6) is 5.75 Å². The monoisotopic (exact) mass is 312 g/mol. The van der Waals surface area contributed by atoms with Crippen LogP contribution in [0.1, 0.15) is 27.8 Å². The third-order valence-electron chi connectivity index (χ3n) is 4.35.